The molecule has 3 rings (SSSR count). The van der Waals surface area contributed by atoms with Gasteiger partial charge in [0, 0.05) is 12.7 Å². The molecule has 118 valence electrons. The molecule has 1 N–H and O–H groups in total. The highest BCUT2D eigenvalue weighted by atomic mass is 16.6. The average molecular weight is 302 g/mol. The molecule has 3 atom stereocenters. The molecule has 5 nitrogen and oxygen atoms in total. The van der Waals surface area contributed by atoms with Crippen LogP contribution in [0.2, 0.25) is 0 Å². The summed E-state index contributed by atoms with van der Waals surface area (Å²) in [5, 5.41) is 2.77. The summed E-state index contributed by atoms with van der Waals surface area (Å²) in [7, 11) is 1.76. The van der Waals surface area contributed by atoms with E-state index in [1.807, 2.05) is 39.0 Å². The van der Waals surface area contributed by atoms with E-state index in [0.717, 1.165) is 12.1 Å². The fourth-order valence-corrected chi connectivity index (χ4v) is 3.16. The number of likely N-dealkylation sites (N-methyl/N-ethyl adjacent to an activating group) is 1. The van der Waals surface area contributed by atoms with E-state index in [9.17, 15) is 9.59 Å². The number of amides is 2. The van der Waals surface area contributed by atoms with Gasteiger partial charge in [-0.05, 0) is 50.7 Å². The first-order chi connectivity index (χ1) is 10.3. The molecule has 1 aromatic rings. The molecule has 2 amide bonds. The van der Waals surface area contributed by atoms with Gasteiger partial charge in [0.1, 0.15) is 11.6 Å². The van der Waals surface area contributed by atoms with Crippen molar-refractivity contribution < 1.29 is 14.3 Å². The minimum absolute atomic E-state index is 0.0803. The van der Waals surface area contributed by atoms with E-state index in [1.165, 1.54) is 5.56 Å². The van der Waals surface area contributed by atoms with E-state index in [0.29, 0.717) is 5.92 Å². The number of ether oxygens (including phenoxy) is 1. The fourth-order valence-electron chi connectivity index (χ4n) is 3.16. The van der Waals surface area contributed by atoms with Gasteiger partial charge in [0.05, 0.1) is 0 Å². The molecule has 0 spiro atoms. The van der Waals surface area contributed by atoms with Gasteiger partial charge in [0.25, 0.3) is 0 Å². The molecule has 1 aliphatic carbocycles. The Balaban J connectivity index is 1.81. The number of para-hydroxylation sites is 1. The molecule has 22 heavy (non-hydrogen) atoms. The van der Waals surface area contributed by atoms with Crippen LogP contribution in [0.15, 0.2) is 24.3 Å². The summed E-state index contributed by atoms with van der Waals surface area (Å²) < 4.78 is 5.29. The third kappa shape index (κ3) is 2.67. The molecule has 0 aromatic heterocycles. The topological polar surface area (TPSA) is 58.6 Å². The molecular weight excluding hydrogens is 280 g/mol. The van der Waals surface area contributed by atoms with E-state index in [2.05, 4.69) is 11.4 Å². The molecule has 2 aliphatic rings. The Morgan fingerprint density at radius 2 is 2.00 bits per heavy atom. The first kappa shape index (κ1) is 14.9. The van der Waals surface area contributed by atoms with Gasteiger partial charge in [0.15, 0.2) is 0 Å². The Kier molecular flexibility index (Phi) is 3.38. The lowest BCUT2D eigenvalue weighted by molar-refractivity contribution is -0.120. The first-order valence-electron chi connectivity index (χ1n) is 7.64. The smallest absolute Gasteiger partial charge is 0.408 e. The average Bonchev–Trinajstić information content (AvgIpc) is 3.21. The number of alkyl carbamates (subject to hydrolysis) is 1. The van der Waals surface area contributed by atoms with Crippen molar-refractivity contribution in [3.05, 3.63) is 29.8 Å². The first-order valence-corrected chi connectivity index (χ1v) is 7.64. The summed E-state index contributed by atoms with van der Waals surface area (Å²) in [6, 6.07) is 7.44. The van der Waals surface area contributed by atoms with E-state index < -0.39 is 17.7 Å². The van der Waals surface area contributed by atoms with Crippen molar-refractivity contribution in [3.8, 4) is 0 Å². The highest BCUT2D eigenvalue weighted by Gasteiger charge is 2.52. The second-order valence-corrected chi connectivity index (χ2v) is 7.09. The SMILES string of the molecule is CN1C(=O)[C@H](NC(=O)OC(C)(C)C)C2C[C@H]2c2ccccc21. The monoisotopic (exact) mass is 302 g/mol. The molecule has 0 bridgehead atoms. The Labute approximate surface area is 130 Å². The number of carbonyl (C=O) groups excluding carboxylic acids is 2. The molecule has 1 saturated carbocycles. The molecular formula is C17H22N2O3. The third-order valence-corrected chi connectivity index (χ3v) is 4.23. The Morgan fingerprint density at radius 3 is 2.68 bits per heavy atom. The number of anilines is 1. The summed E-state index contributed by atoms with van der Waals surface area (Å²) in [5.41, 5.74) is 1.56. The lowest BCUT2D eigenvalue weighted by Gasteiger charge is -2.25. The van der Waals surface area contributed by atoms with Gasteiger partial charge in [-0.15, -0.1) is 0 Å². The number of nitrogens with zero attached hydrogens (tertiary/aromatic N) is 1. The molecule has 5 heteroatoms. The zero-order valence-corrected chi connectivity index (χ0v) is 13.4. The van der Waals surface area contributed by atoms with Crippen LogP contribution in [-0.2, 0) is 9.53 Å². The Morgan fingerprint density at radius 1 is 1.32 bits per heavy atom. The van der Waals surface area contributed by atoms with Crippen LogP contribution in [-0.4, -0.2) is 30.7 Å². The van der Waals surface area contributed by atoms with E-state index in [-0.39, 0.29) is 11.8 Å². The number of rotatable bonds is 1. The minimum Gasteiger partial charge on any atom is -0.444 e. The van der Waals surface area contributed by atoms with Crippen molar-refractivity contribution in [2.75, 3.05) is 11.9 Å². The van der Waals surface area contributed by atoms with Gasteiger partial charge in [-0.1, -0.05) is 18.2 Å². The van der Waals surface area contributed by atoms with Crippen molar-refractivity contribution in [2.24, 2.45) is 5.92 Å². The quantitative estimate of drug-likeness (QED) is 0.867. The summed E-state index contributed by atoms with van der Waals surface area (Å²) in [4.78, 5) is 26.4. The predicted molar refractivity (Wildman–Crippen MR) is 83.9 cm³/mol. The van der Waals surface area contributed by atoms with Crippen LogP contribution in [0, 0.1) is 5.92 Å². The molecule has 1 aliphatic heterocycles. The van der Waals surface area contributed by atoms with Gasteiger partial charge < -0.3 is 15.0 Å². The van der Waals surface area contributed by atoms with Crippen LogP contribution in [0.25, 0.3) is 0 Å². The van der Waals surface area contributed by atoms with E-state index in [4.69, 9.17) is 4.74 Å². The van der Waals surface area contributed by atoms with Gasteiger partial charge in [-0.25, -0.2) is 4.79 Å². The van der Waals surface area contributed by atoms with Crippen LogP contribution in [0.4, 0.5) is 10.5 Å². The van der Waals surface area contributed by atoms with Gasteiger partial charge in [-0.2, -0.15) is 0 Å². The van der Waals surface area contributed by atoms with Gasteiger partial charge in [-0.3, -0.25) is 4.79 Å². The molecule has 1 heterocycles. The lowest BCUT2D eigenvalue weighted by Crippen LogP contribution is -2.49. The highest BCUT2D eigenvalue weighted by molar-refractivity contribution is 6.00. The molecule has 0 saturated heterocycles. The second kappa shape index (κ2) is 5.00. The minimum atomic E-state index is -0.574. The van der Waals surface area contributed by atoms with E-state index in [1.54, 1.807) is 11.9 Å². The maximum atomic E-state index is 12.7. The number of carbonyl (C=O) groups is 2. The van der Waals surface area contributed by atoms with Gasteiger partial charge >= 0.3 is 6.09 Å². The number of hydrogen-bond donors (Lipinski definition) is 1. The Hall–Kier alpha value is -2.04. The van der Waals surface area contributed by atoms with Crippen molar-refractivity contribution in [1.29, 1.82) is 0 Å². The maximum absolute atomic E-state index is 12.7. The van der Waals surface area contributed by atoms with Crippen molar-refractivity contribution in [3.63, 3.8) is 0 Å². The lowest BCUT2D eigenvalue weighted by atomic mass is 10.1. The van der Waals surface area contributed by atoms with Crippen LogP contribution in [0.5, 0.6) is 0 Å². The normalized spacial score (nSPS) is 26.6. The van der Waals surface area contributed by atoms with Crippen LogP contribution >= 0.6 is 0 Å². The Bertz CT molecular complexity index is 621. The fraction of sp³-hybridized carbons (Fsp3) is 0.529. The van der Waals surface area contributed by atoms with Crippen LogP contribution in [0.3, 0.4) is 0 Å². The molecule has 0 radical (unpaired) electrons. The summed E-state index contributed by atoms with van der Waals surface area (Å²) in [6.07, 6.45) is 0.396. The van der Waals surface area contributed by atoms with Crippen molar-refractivity contribution >= 4 is 17.7 Å². The third-order valence-electron chi connectivity index (χ3n) is 4.23. The van der Waals surface area contributed by atoms with Crippen molar-refractivity contribution in [1.82, 2.24) is 5.32 Å². The summed E-state index contributed by atoms with van der Waals surface area (Å²) in [5.74, 6) is 0.416. The second-order valence-electron chi connectivity index (χ2n) is 7.09. The number of nitrogens with one attached hydrogen (secondary N) is 1. The van der Waals surface area contributed by atoms with Gasteiger partial charge in [0.2, 0.25) is 5.91 Å². The number of fused-ring (bicyclic) bond motifs is 3. The summed E-state index contributed by atoms with van der Waals surface area (Å²) >= 11 is 0. The molecule has 1 aromatic carbocycles. The zero-order chi connectivity index (χ0) is 16.1. The predicted octanol–water partition coefficient (Wildman–Crippen LogP) is 2.66. The number of benzene rings is 1. The molecule has 1 fully saturated rings. The largest absolute Gasteiger partial charge is 0.444 e. The number of hydrogen-bond acceptors (Lipinski definition) is 3. The summed E-state index contributed by atoms with van der Waals surface area (Å²) in [6.45, 7) is 5.43. The standard InChI is InChI=1S/C17H22N2O3/c1-17(2,3)22-16(21)18-14-12-9-11(12)10-7-5-6-8-13(10)19(4)15(14)20/h5-8,11-12,14H,9H2,1-4H3,(H,18,21)/t11-,12?,14+/m0/s1. The van der Waals surface area contributed by atoms with E-state index >= 15 is 0 Å². The molecule has 1 unspecified atom stereocenters. The van der Waals surface area contributed by atoms with Crippen LogP contribution in [0.1, 0.15) is 38.7 Å². The van der Waals surface area contributed by atoms with Crippen LogP contribution < -0.4 is 10.2 Å². The maximum Gasteiger partial charge on any atom is 0.408 e. The highest BCUT2D eigenvalue weighted by Crippen LogP contribution is 2.54. The zero-order valence-electron chi connectivity index (χ0n) is 13.4. The van der Waals surface area contributed by atoms with Crippen molar-refractivity contribution in [2.45, 2.75) is 44.8 Å².